The molecule has 13 heteroatoms. The van der Waals surface area contributed by atoms with Crippen LogP contribution in [0.25, 0.3) is 16.3 Å². The lowest BCUT2D eigenvalue weighted by atomic mass is 10.2. The van der Waals surface area contributed by atoms with Crippen LogP contribution in [-0.4, -0.2) is 26.0 Å². The highest BCUT2D eigenvalue weighted by atomic mass is 35.5. The number of aromatic nitrogens is 1. The number of amides is 2. The van der Waals surface area contributed by atoms with E-state index in [2.05, 4.69) is 15.6 Å². The molecule has 184 valence electrons. The number of nitrogens with one attached hydrogen (secondary N) is 2. The summed E-state index contributed by atoms with van der Waals surface area (Å²) in [5.74, 6) is -0.655. The number of nitrogens with zero attached hydrogens (tertiary/aromatic N) is 2. The number of nitro benzene ring substituents is 1. The first-order valence-corrected chi connectivity index (χ1v) is 13.7. The Hall–Kier alpha value is -3.29. The van der Waals surface area contributed by atoms with Gasteiger partial charge in [0.25, 0.3) is 17.5 Å². The molecule has 0 radical (unpaired) electrons. The van der Waals surface area contributed by atoms with Crippen LogP contribution >= 0.6 is 58.7 Å². The van der Waals surface area contributed by atoms with Crippen LogP contribution in [0.1, 0.15) is 15.9 Å². The van der Waals surface area contributed by atoms with Gasteiger partial charge in [0.05, 0.1) is 35.5 Å². The zero-order valence-electron chi connectivity index (χ0n) is 18.4. The van der Waals surface area contributed by atoms with Gasteiger partial charge in [-0.3, -0.25) is 19.7 Å². The molecule has 4 aromatic rings. The third kappa shape index (κ3) is 5.68. The van der Waals surface area contributed by atoms with Gasteiger partial charge in [-0.15, -0.1) is 11.3 Å². The van der Waals surface area contributed by atoms with Crippen molar-refractivity contribution in [2.24, 2.45) is 0 Å². The van der Waals surface area contributed by atoms with E-state index < -0.39 is 4.92 Å². The molecule has 1 saturated heterocycles. The van der Waals surface area contributed by atoms with Crippen molar-refractivity contribution in [1.82, 2.24) is 10.3 Å². The van der Waals surface area contributed by atoms with Crippen molar-refractivity contribution in [3.8, 4) is 0 Å². The Labute approximate surface area is 232 Å². The third-order valence-electron chi connectivity index (χ3n) is 5.06. The maximum atomic E-state index is 12.6. The van der Waals surface area contributed by atoms with Gasteiger partial charge in [0.15, 0.2) is 4.34 Å². The van der Waals surface area contributed by atoms with Gasteiger partial charge in [0.1, 0.15) is 4.32 Å². The van der Waals surface area contributed by atoms with Crippen molar-refractivity contribution in [2.45, 2.75) is 9.24 Å². The minimum atomic E-state index is -0.466. The molecule has 0 atom stereocenters. The lowest BCUT2D eigenvalue weighted by molar-refractivity contribution is -0.387. The largest absolute Gasteiger partial charge is 0.322 e. The first kappa shape index (κ1) is 25.4. The fourth-order valence-corrected chi connectivity index (χ4v) is 6.80. The average Bonchev–Trinajstić information content (AvgIpc) is 3.40. The van der Waals surface area contributed by atoms with Gasteiger partial charge in [-0.05, 0) is 48.0 Å². The van der Waals surface area contributed by atoms with Gasteiger partial charge >= 0.3 is 0 Å². The van der Waals surface area contributed by atoms with Crippen LogP contribution in [0.3, 0.4) is 0 Å². The van der Waals surface area contributed by atoms with Crippen LogP contribution in [0.4, 0.5) is 11.4 Å². The molecule has 8 nitrogen and oxygen atoms in total. The van der Waals surface area contributed by atoms with Crippen molar-refractivity contribution in [3.05, 3.63) is 91.8 Å². The quantitative estimate of drug-likeness (QED) is 0.111. The maximum absolute atomic E-state index is 12.6. The minimum absolute atomic E-state index is 0.0997. The number of anilines is 1. The number of rotatable bonds is 6. The SMILES string of the molecule is O=C1NC(=S)S/C1=C\c1ccc(Sc2nc3ccc(NC(=O)c4ccccc4Cl)cc3s2)c([N+](=O)[O-])c1. The van der Waals surface area contributed by atoms with Crippen LogP contribution in [-0.2, 0) is 4.79 Å². The van der Waals surface area contributed by atoms with E-state index in [1.54, 1.807) is 60.7 Å². The number of thiazole rings is 1. The monoisotopic (exact) mass is 584 g/mol. The van der Waals surface area contributed by atoms with E-state index in [1.807, 2.05) is 0 Å². The van der Waals surface area contributed by atoms with E-state index in [0.29, 0.717) is 45.8 Å². The number of thiocarbonyl (C=S) groups is 1. The van der Waals surface area contributed by atoms with E-state index in [1.165, 1.54) is 29.2 Å². The molecular formula is C24H13ClN4O4S4. The summed E-state index contributed by atoms with van der Waals surface area (Å²) in [5, 5.41) is 17.5. The fraction of sp³-hybridized carbons (Fsp3) is 0. The number of benzene rings is 3. The molecule has 2 heterocycles. The Balaban J connectivity index is 1.37. The van der Waals surface area contributed by atoms with E-state index in [0.717, 1.165) is 16.5 Å². The average molecular weight is 585 g/mol. The van der Waals surface area contributed by atoms with Crippen LogP contribution in [0.2, 0.25) is 5.02 Å². The van der Waals surface area contributed by atoms with Crippen molar-refractivity contribution in [1.29, 1.82) is 0 Å². The Morgan fingerprint density at radius 3 is 2.73 bits per heavy atom. The smallest absolute Gasteiger partial charge is 0.283 e. The van der Waals surface area contributed by atoms with Crippen LogP contribution in [0.5, 0.6) is 0 Å². The Morgan fingerprint density at radius 1 is 1.19 bits per heavy atom. The number of thioether (sulfide) groups is 1. The molecule has 0 bridgehead atoms. The van der Waals surface area contributed by atoms with E-state index in [4.69, 9.17) is 23.8 Å². The molecule has 1 aromatic heterocycles. The van der Waals surface area contributed by atoms with E-state index in [-0.39, 0.29) is 17.5 Å². The molecule has 1 fully saturated rings. The second kappa shape index (κ2) is 10.6. The number of fused-ring (bicyclic) bond motifs is 1. The summed E-state index contributed by atoms with van der Waals surface area (Å²) in [4.78, 5) is 41.2. The summed E-state index contributed by atoms with van der Waals surface area (Å²) in [7, 11) is 0. The molecule has 5 rings (SSSR count). The van der Waals surface area contributed by atoms with Crippen molar-refractivity contribution in [2.75, 3.05) is 5.32 Å². The van der Waals surface area contributed by atoms with Gasteiger partial charge in [-0.1, -0.05) is 65.5 Å². The number of halogens is 1. The predicted octanol–water partition coefficient (Wildman–Crippen LogP) is 6.75. The summed E-state index contributed by atoms with van der Waals surface area (Å²) < 4.78 is 1.76. The van der Waals surface area contributed by atoms with Crippen LogP contribution in [0, 0.1) is 10.1 Å². The zero-order chi connectivity index (χ0) is 26.1. The summed E-state index contributed by atoms with van der Waals surface area (Å²) in [6, 6.07) is 16.8. The van der Waals surface area contributed by atoms with Gasteiger partial charge in [-0.25, -0.2) is 4.98 Å². The predicted molar refractivity (Wildman–Crippen MR) is 153 cm³/mol. The fourth-order valence-electron chi connectivity index (χ4n) is 3.39. The summed E-state index contributed by atoms with van der Waals surface area (Å²) in [6.07, 6.45) is 1.57. The van der Waals surface area contributed by atoms with Crippen LogP contribution < -0.4 is 10.6 Å². The second-order valence-electron chi connectivity index (χ2n) is 7.53. The molecule has 2 N–H and O–H groups in total. The number of hydrogen-bond donors (Lipinski definition) is 2. The summed E-state index contributed by atoms with van der Waals surface area (Å²) >= 11 is 14.7. The number of hydrogen-bond acceptors (Lipinski definition) is 9. The second-order valence-corrected chi connectivity index (χ2v) is 12.0. The highest BCUT2D eigenvalue weighted by molar-refractivity contribution is 8.26. The van der Waals surface area contributed by atoms with Gasteiger partial charge in [-0.2, -0.15) is 0 Å². The zero-order valence-corrected chi connectivity index (χ0v) is 22.4. The molecule has 37 heavy (non-hydrogen) atoms. The first-order chi connectivity index (χ1) is 17.8. The van der Waals surface area contributed by atoms with E-state index in [9.17, 15) is 19.7 Å². The Morgan fingerprint density at radius 2 is 2.00 bits per heavy atom. The topological polar surface area (TPSA) is 114 Å². The molecule has 0 spiro atoms. The molecule has 2 amide bonds. The highest BCUT2D eigenvalue weighted by Crippen LogP contribution is 2.40. The van der Waals surface area contributed by atoms with Gasteiger partial charge in [0.2, 0.25) is 0 Å². The van der Waals surface area contributed by atoms with Crippen molar-refractivity contribution >= 4 is 102 Å². The summed E-state index contributed by atoms with van der Waals surface area (Å²) in [6.45, 7) is 0. The molecule has 0 unspecified atom stereocenters. The molecule has 1 aliphatic rings. The van der Waals surface area contributed by atoms with Gasteiger partial charge in [0, 0.05) is 11.8 Å². The normalized spacial score (nSPS) is 14.2. The van der Waals surface area contributed by atoms with Crippen molar-refractivity contribution < 1.29 is 14.5 Å². The Bertz CT molecular complexity index is 1650. The number of nitro groups is 1. The standard InChI is InChI=1S/C24H13ClN4O4S4/c25-15-4-2-1-3-14(15)21(30)26-13-6-7-16-19(11-13)37-24(27-16)36-18-8-5-12(9-17(18)29(32)33)10-20-22(31)28-23(34)35-20/h1-11H,(H,26,30)(H,28,31,34)/b20-10-. The lowest BCUT2D eigenvalue weighted by Gasteiger charge is -2.06. The number of carbonyl (C=O) groups excluding carboxylic acids is 2. The molecule has 1 aliphatic heterocycles. The van der Waals surface area contributed by atoms with E-state index >= 15 is 0 Å². The Kier molecular flexibility index (Phi) is 7.26. The maximum Gasteiger partial charge on any atom is 0.283 e. The molecule has 0 saturated carbocycles. The van der Waals surface area contributed by atoms with Gasteiger partial charge < -0.3 is 10.6 Å². The molecule has 0 aliphatic carbocycles. The summed E-state index contributed by atoms with van der Waals surface area (Å²) in [5.41, 5.74) is 2.06. The highest BCUT2D eigenvalue weighted by Gasteiger charge is 2.23. The first-order valence-electron chi connectivity index (χ1n) is 10.4. The number of carbonyl (C=O) groups is 2. The van der Waals surface area contributed by atoms with Crippen molar-refractivity contribution in [3.63, 3.8) is 0 Å². The lowest BCUT2D eigenvalue weighted by Crippen LogP contribution is -2.17. The molecule has 3 aromatic carbocycles. The minimum Gasteiger partial charge on any atom is -0.322 e. The molecular weight excluding hydrogens is 572 g/mol. The van der Waals surface area contributed by atoms with Crippen LogP contribution in [0.15, 0.2) is 74.8 Å². The third-order valence-corrected chi connectivity index (χ3v) is 8.70.